The summed E-state index contributed by atoms with van der Waals surface area (Å²) in [4.78, 5) is 27.3. The van der Waals surface area contributed by atoms with E-state index in [4.69, 9.17) is 23.2 Å². The third-order valence-corrected chi connectivity index (χ3v) is 5.28. The number of carbonyl (C=O) groups is 2. The molecule has 0 saturated carbocycles. The number of aryl methyl sites for hydroxylation is 1. The van der Waals surface area contributed by atoms with Gasteiger partial charge in [-0.15, -0.1) is 0 Å². The van der Waals surface area contributed by atoms with Gasteiger partial charge in [-0.25, -0.2) is 0 Å². The molecule has 2 aromatic carbocycles. The van der Waals surface area contributed by atoms with Crippen molar-refractivity contribution in [2.45, 2.75) is 52.7 Å². The van der Waals surface area contributed by atoms with Crippen molar-refractivity contribution in [3.8, 4) is 0 Å². The highest BCUT2D eigenvalue weighted by molar-refractivity contribution is 6.42. The SMILES string of the molecule is Cc1ccccc1CN(C(=O)Cc1ccc(Cl)c(Cl)c1)[C@H](C)C(=O)NC(C)C. The molecule has 0 spiro atoms. The number of hydrogen-bond donors (Lipinski definition) is 1. The summed E-state index contributed by atoms with van der Waals surface area (Å²) >= 11 is 12.0. The van der Waals surface area contributed by atoms with E-state index in [0.29, 0.717) is 16.6 Å². The Kier molecular flexibility index (Phi) is 7.90. The van der Waals surface area contributed by atoms with Crippen molar-refractivity contribution in [2.75, 3.05) is 0 Å². The van der Waals surface area contributed by atoms with E-state index >= 15 is 0 Å². The highest BCUT2D eigenvalue weighted by Gasteiger charge is 2.27. The van der Waals surface area contributed by atoms with Crippen molar-refractivity contribution in [3.63, 3.8) is 0 Å². The lowest BCUT2D eigenvalue weighted by Gasteiger charge is -2.30. The van der Waals surface area contributed by atoms with Crippen LogP contribution in [0.5, 0.6) is 0 Å². The maximum absolute atomic E-state index is 13.1. The Labute approximate surface area is 176 Å². The van der Waals surface area contributed by atoms with Gasteiger partial charge in [0.2, 0.25) is 11.8 Å². The molecular weight excluding hydrogens is 395 g/mol. The molecule has 0 aliphatic heterocycles. The number of halogens is 2. The molecule has 150 valence electrons. The lowest BCUT2D eigenvalue weighted by Crippen LogP contribution is -2.49. The average Bonchev–Trinajstić information content (AvgIpc) is 2.63. The van der Waals surface area contributed by atoms with Crippen LogP contribution in [-0.2, 0) is 22.6 Å². The van der Waals surface area contributed by atoms with Gasteiger partial charge in [0.05, 0.1) is 16.5 Å². The van der Waals surface area contributed by atoms with E-state index in [1.807, 2.05) is 45.0 Å². The molecule has 4 nitrogen and oxygen atoms in total. The summed E-state index contributed by atoms with van der Waals surface area (Å²) in [7, 11) is 0. The Morgan fingerprint density at radius 1 is 1.04 bits per heavy atom. The molecule has 0 radical (unpaired) electrons. The fraction of sp³-hybridized carbons (Fsp3) is 0.364. The summed E-state index contributed by atoms with van der Waals surface area (Å²) in [5, 5.41) is 3.74. The summed E-state index contributed by atoms with van der Waals surface area (Å²) < 4.78 is 0. The molecule has 0 aromatic heterocycles. The van der Waals surface area contributed by atoms with Gasteiger partial charge in [0.15, 0.2) is 0 Å². The van der Waals surface area contributed by atoms with Crippen LogP contribution in [0.3, 0.4) is 0 Å². The van der Waals surface area contributed by atoms with Gasteiger partial charge in [0.25, 0.3) is 0 Å². The van der Waals surface area contributed by atoms with E-state index in [1.54, 1.807) is 30.0 Å². The first kappa shape index (κ1) is 22.3. The molecule has 0 saturated heterocycles. The Bertz CT molecular complexity index is 852. The van der Waals surface area contributed by atoms with Gasteiger partial charge < -0.3 is 10.2 Å². The van der Waals surface area contributed by atoms with Crippen LogP contribution in [0, 0.1) is 6.92 Å². The molecule has 0 heterocycles. The molecular formula is C22H26Cl2N2O2. The van der Waals surface area contributed by atoms with Gasteiger partial charge in [-0.1, -0.05) is 53.5 Å². The molecule has 0 unspecified atom stereocenters. The van der Waals surface area contributed by atoms with Crippen LogP contribution < -0.4 is 5.32 Å². The summed E-state index contributed by atoms with van der Waals surface area (Å²) in [5.74, 6) is -0.320. The second-order valence-electron chi connectivity index (χ2n) is 7.21. The van der Waals surface area contributed by atoms with E-state index in [9.17, 15) is 9.59 Å². The Hall–Kier alpha value is -2.04. The molecule has 2 rings (SSSR count). The molecule has 1 atom stereocenters. The summed E-state index contributed by atoms with van der Waals surface area (Å²) in [6, 6.07) is 12.4. The van der Waals surface area contributed by atoms with Crippen LogP contribution in [0.4, 0.5) is 0 Å². The molecule has 0 aliphatic rings. The first-order chi connectivity index (χ1) is 13.2. The van der Waals surface area contributed by atoms with Crippen LogP contribution >= 0.6 is 23.2 Å². The predicted octanol–water partition coefficient (Wildman–Crippen LogP) is 4.79. The predicted molar refractivity (Wildman–Crippen MR) is 115 cm³/mol. The third kappa shape index (κ3) is 5.98. The van der Waals surface area contributed by atoms with Gasteiger partial charge in [-0.05, 0) is 56.5 Å². The first-order valence-corrected chi connectivity index (χ1v) is 10.0. The van der Waals surface area contributed by atoms with Crippen LogP contribution in [0.25, 0.3) is 0 Å². The summed E-state index contributed by atoms with van der Waals surface area (Å²) in [6.45, 7) is 7.90. The quantitative estimate of drug-likeness (QED) is 0.699. The number of nitrogens with zero attached hydrogens (tertiary/aromatic N) is 1. The van der Waals surface area contributed by atoms with E-state index in [1.165, 1.54) is 0 Å². The van der Waals surface area contributed by atoms with Gasteiger partial charge in [0.1, 0.15) is 6.04 Å². The largest absolute Gasteiger partial charge is 0.352 e. The minimum absolute atomic E-state index is 0.000403. The molecule has 1 N–H and O–H groups in total. The van der Waals surface area contributed by atoms with Crippen molar-refractivity contribution in [3.05, 3.63) is 69.2 Å². The molecule has 2 amide bonds. The summed E-state index contributed by atoms with van der Waals surface area (Å²) in [5.41, 5.74) is 2.84. The van der Waals surface area contributed by atoms with Crippen molar-refractivity contribution >= 4 is 35.0 Å². The Balaban J connectivity index is 2.27. The number of carbonyl (C=O) groups excluding carboxylic acids is 2. The molecule has 0 bridgehead atoms. The van der Waals surface area contributed by atoms with E-state index in [-0.39, 0.29) is 24.3 Å². The maximum atomic E-state index is 13.1. The van der Waals surface area contributed by atoms with Crippen LogP contribution in [0.15, 0.2) is 42.5 Å². The van der Waals surface area contributed by atoms with Crippen LogP contribution in [0.1, 0.15) is 37.5 Å². The second kappa shape index (κ2) is 9.94. The zero-order chi connectivity index (χ0) is 20.8. The molecule has 0 aliphatic carbocycles. The molecule has 2 aromatic rings. The first-order valence-electron chi connectivity index (χ1n) is 9.27. The fourth-order valence-electron chi connectivity index (χ4n) is 2.88. The number of amides is 2. The second-order valence-corrected chi connectivity index (χ2v) is 8.03. The number of rotatable bonds is 7. The normalized spacial score (nSPS) is 12.0. The zero-order valence-corrected chi connectivity index (χ0v) is 18.1. The maximum Gasteiger partial charge on any atom is 0.242 e. The monoisotopic (exact) mass is 420 g/mol. The van der Waals surface area contributed by atoms with Crippen LogP contribution in [-0.4, -0.2) is 28.8 Å². The molecule has 28 heavy (non-hydrogen) atoms. The van der Waals surface area contributed by atoms with Crippen molar-refractivity contribution in [1.29, 1.82) is 0 Å². The minimum atomic E-state index is -0.600. The number of hydrogen-bond acceptors (Lipinski definition) is 2. The van der Waals surface area contributed by atoms with Gasteiger partial charge in [-0.2, -0.15) is 0 Å². The van der Waals surface area contributed by atoms with Gasteiger partial charge >= 0.3 is 0 Å². The third-order valence-electron chi connectivity index (χ3n) is 4.54. The smallest absolute Gasteiger partial charge is 0.242 e. The molecule has 0 fully saturated rings. The Morgan fingerprint density at radius 2 is 1.71 bits per heavy atom. The van der Waals surface area contributed by atoms with Crippen molar-refractivity contribution in [2.24, 2.45) is 0 Å². The zero-order valence-electron chi connectivity index (χ0n) is 16.6. The minimum Gasteiger partial charge on any atom is -0.352 e. The Morgan fingerprint density at radius 3 is 2.32 bits per heavy atom. The van der Waals surface area contributed by atoms with E-state index < -0.39 is 6.04 Å². The van der Waals surface area contributed by atoms with Crippen molar-refractivity contribution < 1.29 is 9.59 Å². The van der Waals surface area contributed by atoms with Gasteiger partial charge in [-0.3, -0.25) is 9.59 Å². The van der Waals surface area contributed by atoms with Crippen LogP contribution in [0.2, 0.25) is 10.0 Å². The van der Waals surface area contributed by atoms with Gasteiger partial charge in [0, 0.05) is 12.6 Å². The highest BCUT2D eigenvalue weighted by atomic mass is 35.5. The number of benzene rings is 2. The fourth-order valence-corrected chi connectivity index (χ4v) is 3.21. The lowest BCUT2D eigenvalue weighted by molar-refractivity contribution is -0.140. The van der Waals surface area contributed by atoms with E-state index in [0.717, 1.165) is 16.7 Å². The average molecular weight is 421 g/mol. The highest BCUT2D eigenvalue weighted by Crippen LogP contribution is 2.23. The number of nitrogens with one attached hydrogen (secondary N) is 1. The van der Waals surface area contributed by atoms with E-state index in [2.05, 4.69) is 5.32 Å². The lowest BCUT2D eigenvalue weighted by atomic mass is 10.1. The molecule has 6 heteroatoms. The standard InChI is InChI=1S/C22H26Cl2N2O2/c1-14(2)25-22(28)16(4)26(13-18-8-6-5-7-15(18)3)21(27)12-17-9-10-19(23)20(24)11-17/h5-11,14,16H,12-13H2,1-4H3,(H,25,28)/t16-/m1/s1. The summed E-state index contributed by atoms with van der Waals surface area (Å²) in [6.07, 6.45) is 0.141. The van der Waals surface area contributed by atoms with Crippen molar-refractivity contribution in [1.82, 2.24) is 10.2 Å². The topological polar surface area (TPSA) is 49.4 Å².